The molecule has 6 nitrogen and oxygen atoms in total. The number of benzene rings is 2. The Morgan fingerprint density at radius 2 is 1.67 bits per heavy atom. The van der Waals surface area contributed by atoms with E-state index in [-0.39, 0.29) is 30.0 Å². The highest BCUT2D eigenvalue weighted by Gasteiger charge is 2.26. The largest absolute Gasteiger partial charge is 0.366 e. The summed E-state index contributed by atoms with van der Waals surface area (Å²) in [5.41, 5.74) is 0.331. The highest BCUT2D eigenvalue weighted by molar-refractivity contribution is 5.94. The van der Waals surface area contributed by atoms with Crippen LogP contribution in [0.1, 0.15) is 15.9 Å². The van der Waals surface area contributed by atoms with Gasteiger partial charge in [-0.2, -0.15) is 0 Å². The quantitative estimate of drug-likeness (QED) is 0.606. The molecule has 1 aliphatic rings. The minimum atomic E-state index is -1.09. The maximum absolute atomic E-state index is 14.3. The normalized spacial score (nSPS) is 14.4. The van der Waals surface area contributed by atoms with E-state index in [2.05, 4.69) is 0 Å². The highest BCUT2D eigenvalue weighted by atomic mass is 19.2. The van der Waals surface area contributed by atoms with Crippen molar-refractivity contribution < 1.29 is 22.9 Å². The first-order chi connectivity index (χ1) is 12.8. The van der Waals surface area contributed by atoms with Gasteiger partial charge in [-0.05, 0) is 31.2 Å². The smallest absolute Gasteiger partial charge is 0.275 e. The minimum absolute atomic E-state index is 0.0414. The van der Waals surface area contributed by atoms with Crippen LogP contribution < -0.4 is 4.90 Å². The molecule has 27 heavy (non-hydrogen) atoms. The number of hydrogen-bond acceptors (Lipinski definition) is 4. The predicted molar refractivity (Wildman–Crippen MR) is 92.3 cm³/mol. The van der Waals surface area contributed by atoms with E-state index in [9.17, 15) is 28.1 Å². The summed E-state index contributed by atoms with van der Waals surface area (Å²) in [6.45, 7) is 2.66. The number of anilines is 1. The van der Waals surface area contributed by atoms with E-state index in [0.29, 0.717) is 18.7 Å². The number of carbonyl (C=O) groups is 1. The van der Waals surface area contributed by atoms with Gasteiger partial charge in [0.2, 0.25) is 0 Å². The second-order valence-electron chi connectivity index (χ2n) is 6.26. The lowest BCUT2D eigenvalue weighted by atomic mass is 10.1. The van der Waals surface area contributed by atoms with Crippen molar-refractivity contribution in [3.8, 4) is 0 Å². The topological polar surface area (TPSA) is 66.7 Å². The molecule has 2 aromatic rings. The van der Waals surface area contributed by atoms with Crippen molar-refractivity contribution in [1.29, 1.82) is 0 Å². The third-order valence-corrected chi connectivity index (χ3v) is 4.54. The molecule has 9 heteroatoms. The Balaban J connectivity index is 1.72. The first-order valence-corrected chi connectivity index (χ1v) is 8.21. The van der Waals surface area contributed by atoms with Crippen molar-refractivity contribution in [2.75, 3.05) is 31.1 Å². The van der Waals surface area contributed by atoms with Crippen LogP contribution in [0.5, 0.6) is 0 Å². The van der Waals surface area contributed by atoms with Crippen molar-refractivity contribution in [3.05, 3.63) is 69.0 Å². The summed E-state index contributed by atoms with van der Waals surface area (Å²) in [6, 6.07) is 5.27. The predicted octanol–water partition coefficient (Wildman–Crippen LogP) is 3.28. The average molecular weight is 379 g/mol. The van der Waals surface area contributed by atoms with Crippen LogP contribution in [0.2, 0.25) is 0 Å². The fourth-order valence-electron chi connectivity index (χ4n) is 3.06. The Morgan fingerprint density at radius 3 is 2.26 bits per heavy atom. The van der Waals surface area contributed by atoms with Crippen LogP contribution in [0.3, 0.4) is 0 Å². The van der Waals surface area contributed by atoms with Crippen LogP contribution in [0.4, 0.5) is 24.5 Å². The Hall–Kier alpha value is -3.10. The van der Waals surface area contributed by atoms with Gasteiger partial charge in [-0.25, -0.2) is 13.2 Å². The summed E-state index contributed by atoms with van der Waals surface area (Å²) in [7, 11) is 0. The van der Waals surface area contributed by atoms with Gasteiger partial charge in [-0.1, -0.05) is 0 Å². The molecule has 0 saturated carbocycles. The van der Waals surface area contributed by atoms with Crippen molar-refractivity contribution >= 4 is 17.3 Å². The number of nitro groups is 1. The SMILES string of the molecule is Cc1cc(N2CCN(C(=O)c3ccc(F)c(F)c3)CC2)c(F)cc1[N+](=O)[O-]. The molecule has 0 bridgehead atoms. The fourth-order valence-corrected chi connectivity index (χ4v) is 3.06. The standard InChI is InChI=1S/C18H16F3N3O3/c1-11-8-17(15(21)10-16(11)24(26)27)22-4-6-23(7-5-22)18(25)12-2-3-13(19)14(20)9-12/h2-3,8-10H,4-7H2,1H3. The molecule has 0 N–H and O–H groups in total. The second-order valence-corrected chi connectivity index (χ2v) is 6.26. The molecule has 0 aromatic heterocycles. The van der Waals surface area contributed by atoms with E-state index < -0.39 is 28.3 Å². The van der Waals surface area contributed by atoms with Gasteiger partial charge < -0.3 is 9.80 Å². The van der Waals surface area contributed by atoms with Crippen molar-refractivity contribution in [3.63, 3.8) is 0 Å². The van der Waals surface area contributed by atoms with E-state index >= 15 is 0 Å². The first-order valence-electron chi connectivity index (χ1n) is 8.21. The summed E-state index contributed by atoms with van der Waals surface area (Å²) < 4.78 is 40.6. The number of piperazine rings is 1. The molecule has 3 rings (SSSR count). The van der Waals surface area contributed by atoms with Gasteiger partial charge in [0.05, 0.1) is 16.7 Å². The fraction of sp³-hybridized carbons (Fsp3) is 0.278. The van der Waals surface area contributed by atoms with Crippen molar-refractivity contribution in [2.24, 2.45) is 0 Å². The number of hydrogen-bond donors (Lipinski definition) is 0. The summed E-state index contributed by atoms with van der Waals surface area (Å²) >= 11 is 0. The summed E-state index contributed by atoms with van der Waals surface area (Å²) in [4.78, 5) is 25.8. The lowest BCUT2D eigenvalue weighted by Crippen LogP contribution is -2.49. The van der Waals surface area contributed by atoms with E-state index in [4.69, 9.17) is 0 Å². The van der Waals surface area contributed by atoms with Crippen LogP contribution >= 0.6 is 0 Å². The van der Waals surface area contributed by atoms with E-state index in [1.807, 2.05) is 0 Å². The third-order valence-electron chi connectivity index (χ3n) is 4.54. The van der Waals surface area contributed by atoms with Gasteiger partial charge in [0.25, 0.3) is 11.6 Å². The monoisotopic (exact) mass is 379 g/mol. The molecule has 0 radical (unpaired) electrons. The molecule has 1 aliphatic heterocycles. The maximum atomic E-state index is 14.3. The van der Waals surface area contributed by atoms with E-state index in [1.165, 1.54) is 24.0 Å². The molecule has 1 amide bonds. The number of aryl methyl sites for hydroxylation is 1. The molecule has 0 atom stereocenters. The lowest BCUT2D eigenvalue weighted by Gasteiger charge is -2.36. The lowest BCUT2D eigenvalue weighted by molar-refractivity contribution is -0.385. The van der Waals surface area contributed by atoms with E-state index in [0.717, 1.165) is 18.2 Å². The Labute approximate surface area is 153 Å². The average Bonchev–Trinajstić information content (AvgIpc) is 2.65. The molecule has 2 aromatic carbocycles. The number of rotatable bonds is 3. The van der Waals surface area contributed by atoms with Gasteiger partial charge in [0, 0.05) is 37.3 Å². The number of nitrogens with zero attached hydrogens (tertiary/aromatic N) is 3. The molecular formula is C18H16F3N3O3. The van der Waals surface area contributed by atoms with Crippen molar-refractivity contribution in [1.82, 2.24) is 4.90 Å². The Bertz CT molecular complexity index is 912. The molecular weight excluding hydrogens is 363 g/mol. The Kier molecular flexibility index (Phi) is 5.02. The van der Waals surface area contributed by atoms with Crippen LogP contribution in [-0.2, 0) is 0 Å². The zero-order valence-electron chi connectivity index (χ0n) is 14.4. The van der Waals surface area contributed by atoms with Crippen LogP contribution in [0, 0.1) is 34.5 Å². The summed E-state index contributed by atoms with van der Waals surface area (Å²) in [5.74, 6) is -3.26. The van der Waals surface area contributed by atoms with Crippen LogP contribution in [0.15, 0.2) is 30.3 Å². The Morgan fingerprint density at radius 1 is 1.00 bits per heavy atom. The van der Waals surface area contributed by atoms with Crippen molar-refractivity contribution in [2.45, 2.75) is 6.92 Å². The first kappa shape index (κ1) is 18.7. The molecule has 1 saturated heterocycles. The molecule has 1 fully saturated rings. The molecule has 0 unspecified atom stereocenters. The molecule has 0 spiro atoms. The van der Waals surface area contributed by atoms with Gasteiger partial charge >= 0.3 is 0 Å². The van der Waals surface area contributed by atoms with Crippen LogP contribution in [-0.4, -0.2) is 41.9 Å². The summed E-state index contributed by atoms with van der Waals surface area (Å²) in [5, 5.41) is 10.9. The zero-order valence-corrected chi connectivity index (χ0v) is 14.4. The maximum Gasteiger partial charge on any atom is 0.275 e. The zero-order chi connectivity index (χ0) is 19.7. The van der Waals surface area contributed by atoms with Gasteiger partial charge in [0.1, 0.15) is 0 Å². The highest BCUT2D eigenvalue weighted by Crippen LogP contribution is 2.29. The van der Waals surface area contributed by atoms with Gasteiger partial charge in [-0.3, -0.25) is 14.9 Å². The second kappa shape index (κ2) is 7.26. The molecule has 0 aliphatic carbocycles. The van der Waals surface area contributed by atoms with Gasteiger partial charge in [-0.15, -0.1) is 0 Å². The number of halogens is 3. The van der Waals surface area contributed by atoms with E-state index in [1.54, 1.807) is 4.90 Å². The molecule has 142 valence electrons. The number of amides is 1. The third kappa shape index (κ3) is 3.71. The van der Waals surface area contributed by atoms with Crippen LogP contribution in [0.25, 0.3) is 0 Å². The number of carbonyl (C=O) groups excluding carboxylic acids is 1. The number of nitro benzene ring substituents is 1. The summed E-state index contributed by atoms with van der Waals surface area (Å²) in [6.07, 6.45) is 0. The minimum Gasteiger partial charge on any atom is -0.366 e. The molecule has 1 heterocycles. The van der Waals surface area contributed by atoms with Gasteiger partial charge in [0.15, 0.2) is 17.5 Å².